The van der Waals surface area contributed by atoms with Crippen LogP contribution in [0.5, 0.6) is 0 Å². The average molecular weight is 267 g/mol. The first-order valence-corrected chi connectivity index (χ1v) is 7.47. The van der Waals surface area contributed by atoms with Crippen molar-refractivity contribution in [2.45, 2.75) is 27.2 Å². The fraction of sp³-hybridized carbons (Fsp3) is 0.600. The molecule has 1 aromatic rings. The second-order valence-electron chi connectivity index (χ2n) is 4.70. The molecule has 0 aliphatic carbocycles. The summed E-state index contributed by atoms with van der Waals surface area (Å²) in [6.45, 7) is 9.32. The van der Waals surface area contributed by atoms with Gasteiger partial charge in [0.05, 0.1) is 6.61 Å². The van der Waals surface area contributed by atoms with Crippen molar-refractivity contribution in [3.63, 3.8) is 0 Å². The number of thiophene rings is 1. The zero-order valence-electron chi connectivity index (χ0n) is 12.0. The Bertz CT molecular complexity index is 368. The number of rotatable bonds is 8. The Morgan fingerprint density at radius 1 is 1.44 bits per heavy atom. The Morgan fingerprint density at radius 2 is 2.22 bits per heavy atom. The predicted octanol–water partition coefficient (Wildman–Crippen LogP) is 3.59. The Kier molecular flexibility index (Phi) is 7.25. The van der Waals surface area contributed by atoms with E-state index < -0.39 is 0 Å². The van der Waals surface area contributed by atoms with Crippen molar-refractivity contribution in [1.82, 2.24) is 5.32 Å². The van der Waals surface area contributed by atoms with Crippen LogP contribution in [0.4, 0.5) is 0 Å². The molecule has 0 saturated heterocycles. The van der Waals surface area contributed by atoms with Crippen LogP contribution in [0.3, 0.4) is 0 Å². The number of aryl methyl sites for hydroxylation is 1. The first kappa shape index (κ1) is 15.4. The number of hydrogen-bond donors (Lipinski definition) is 1. The van der Waals surface area contributed by atoms with Gasteiger partial charge in [0.1, 0.15) is 0 Å². The first-order chi connectivity index (χ1) is 8.67. The van der Waals surface area contributed by atoms with Crippen LogP contribution in [0, 0.1) is 5.92 Å². The van der Waals surface area contributed by atoms with Crippen LogP contribution in [-0.4, -0.2) is 26.8 Å². The second-order valence-corrected chi connectivity index (χ2v) is 5.90. The van der Waals surface area contributed by atoms with Gasteiger partial charge in [0.2, 0.25) is 0 Å². The van der Waals surface area contributed by atoms with Gasteiger partial charge in [-0.3, -0.25) is 0 Å². The maximum Gasteiger partial charge on any atom is 0.0587 e. The minimum absolute atomic E-state index is 0.576. The fourth-order valence-corrected chi connectivity index (χ4v) is 2.60. The molecule has 0 unspecified atom stereocenters. The Hall–Kier alpha value is -0.640. The van der Waals surface area contributed by atoms with Crippen molar-refractivity contribution in [1.29, 1.82) is 0 Å². The topological polar surface area (TPSA) is 21.3 Å². The van der Waals surface area contributed by atoms with Crippen LogP contribution in [0.15, 0.2) is 17.7 Å². The zero-order valence-corrected chi connectivity index (χ0v) is 12.8. The maximum atomic E-state index is 5.04. The molecule has 0 fully saturated rings. The molecule has 0 saturated carbocycles. The molecule has 0 radical (unpaired) electrons. The third-order valence-electron chi connectivity index (χ3n) is 2.91. The quantitative estimate of drug-likeness (QED) is 0.727. The van der Waals surface area contributed by atoms with Gasteiger partial charge in [-0.25, -0.2) is 0 Å². The van der Waals surface area contributed by atoms with E-state index in [1.165, 1.54) is 15.3 Å². The molecule has 18 heavy (non-hydrogen) atoms. The van der Waals surface area contributed by atoms with Crippen molar-refractivity contribution in [2.75, 3.05) is 26.8 Å². The van der Waals surface area contributed by atoms with Gasteiger partial charge in [-0.05, 0) is 30.5 Å². The summed E-state index contributed by atoms with van der Waals surface area (Å²) in [5.74, 6) is 0.576. The average Bonchev–Trinajstić information content (AvgIpc) is 2.80. The summed E-state index contributed by atoms with van der Waals surface area (Å²) >= 11 is 1.89. The van der Waals surface area contributed by atoms with E-state index in [1.807, 2.05) is 11.3 Å². The molecule has 0 amide bonds. The molecular weight excluding hydrogens is 242 g/mol. The maximum absolute atomic E-state index is 5.04. The first-order valence-electron chi connectivity index (χ1n) is 6.66. The highest BCUT2D eigenvalue weighted by molar-refractivity contribution is 7.12. The van der Waals surface area contributed by atoms with Crippen molar-refractivity contribution in [2.24, 2.45) is 5.92 Å². The predicted molar refractivity (Wildman–Crippen MR) is 81.3 cm³/mol. The van der Waals surface area contributed by atoms with Crippen molar-refractivity contribution >= 4 is 17.4 Å². The van der Waals surface area contributed by atoms with E-state index in [0.29, 0.717) is 5.92 Å². The normalized spacial score (nSPS) is 12.4. The lowest BCUT2D eigenvalue weighted by molar-refractivity contribution is 0.200. The highest BCUT2D eigenvalue weighted by Crippen LogP contribution is 2.22. The van der Waals surface area contributed by atoms with Gasteiger partial charge >= 0.3 is 0 Å². The van der Waals surface area contributed by atoms with E-state index in [4.69, 9.17) is 4.74 Å². The van der Waals surface area contributed by atoms with Gasteiger partial charge in [-0.15, -0.1) is 11.3 Å². The summed E-state index contributed by atoms with van der Waals surface area (Å²) < 4.78 is 5.04. The SMILES string of the molecule is CCc1ccc(C=C(CNCCOC)C(C)C)s1. The van der Waals surface area contributed by atoms with Crippen molar-refractivity contribution < 1.29 is 4.74 Å². The van der Waals surface area contributed by atoms with Crippen molar-refractivity contribution in [3.8, 4) is 0 Å². The molecule has 1 rings (SSSR count). The molecule has 1 N–H and O–H groups in total. The van der Waals surface area contributed by atoms with Gasteiger partial charge in [-0.1, -0.05) is 26.3 Å². The van der Waals surface area contributed by atoms with E-state index in [2.05, 4.69) is 44.3 Å². The summed E-state index contributed by atoms with van der Waals surface area (Å²) in [5, 5.41) is 3.42. The third kappa shape index (κ3) is 5.34. The van der Waals surface area contributed by atoms with Crippen LogP contribution >= 0.6 is 11.3 Å². The largest absolute Gasteiger partial charge is 0.383 e. The lowest BCUT2D eigenvalue weighted by Gasteiger charge is -2.12. The van der Waals surface area contributed by atoms with Gasteiger partial charge in [0.25, 0.3) is 0 Å². The van der Waals surface area contributed by atoms with E-state index in [-0.39, 0.29) is 0 Å². The van der Waals surface area contributed by atoms with Gasteiger partial charge in [0, 0.05) is 30.0 Å². The van der Waals surface area contributed by atoms with Crippen molar-refractivity contribution in [3.05, 3.63) is 27.5 Å². The Morgan fingerprint density at radius 3 is 2.78 bits per heavy atom. The summed E-state index contributed by atoms with van der Waals surface area (Å²) in [6, 6.07) is 4.45. The van der Waals surface area contributed by atoms with Crippen LogP contribution in [-0.2, 0) is 11.2 Å². The second kappa shape index (κ2) is 8.46. The fourth-order valence-electron chi connectivity index (χ4n) is 1.67. The lowest BCUT2D eigenvalue weighted by atomic mass is 10.0. The molecule has 0 aromatic carbocycles. The smallest absolute Gasteiger partial charge is 0.0587 e. The number of ether oxygens (including phenoxy) is 1. The van der Waals surface area contributed by atoms with E-state index in [0.717, 1.165) is 26.1 Å². The molecule has 0 aliphatic rings. The monoisotopic (exact) mass is 267 g/mol. The van der Waals surface area contributed by atoms with Crippen LogP contribution < -0.4 is 5.32 Å². The van der Waals surface area contributed by atoms with Crippen LogP contribution in [0.1, 0.15) is 30.5 Å². The molecule has 3 heteroatoms. The molecule has 0 aliphatic heterocycles. The highest BCUT2D eigenvalue weighted by Gasteiger charge is 2.04. The van der Waals surface area contributed by atoms with E-state index in [9.17, 15) is 0 Å². The summed E-state index contributed by atoms with van der Waals surface area (Å²) in [6.07, 6.45) is 3.45. The summed E-state index contributed by atoms with van der Waals surface area (Å²) in [4.78, 5) is 2.82. The molecule has 1 heterocycles. The summed E-state index contributed by atoms with van der Waals surface area (Å²) in [7, 11) is 1.73. The van der Waals surface area contributed by atoms with Gasteiger partial charge in [-0.2, -0.15) is 0 Å². The highest BCUT2D eigenvalue weighted by atomic mass is 32.1. The number of methoxy groups -OCH3 is 1. The third-order valence-corrected chi connectivity index (χ3v) is 4.09. The molecule has 0 atom stereocenters. The molecule has 102 valence electrons. The lowest BCUT2D eigenvalue weighted by Crippen LogP contribution is -2.23. The Balaban J connectivity index is 2.59. The molecule has 0 spiro atoms. The minimum atomic E-state index is 0.576. The molecular formula is C15H25NOS. The molecule has 0 bridgehead atoms. The van der Waals surface area contributed by atoms with Gasteiger partial charge in [0.15, 0.2) is 0 Å². The van der Waals surface area contributed by atoms with E-state index >= 15 is 0 Å². The molecule has 1 aromatic heterocycles. The standard InChI is InChI=1S/C15H25NOS/c1-5-14-6-7-15(18-14)10-13(12(2)3)11-16-8-9-17-4/h6-7,10,12,16H,5,8-9,11H2,1-4H3. The van der Waals surface area contributed by atoms with Crippen LogP contribution in [0.25, 0.3) is 6.08 Å². The molecule has 2 nitrogen and oxygen atoms in total. The minimum Gasteiger partial charge on any atom is -0.383 e. The zero-order chi connectivity index (χ0) is 13.4. The Labute approximate surface area is 115 Å². The summed E-state index contributed by atoms with van der Waals surface area (Å²) in [5.41, 5.74) is 1.45. The number of nitrogens with one attached hydrogen (secondary N) is 1. The van der Waals surface area contributed by atoms with E-state index in [1.54, 1.807) is 7.11 Å². The number of hydrogen-bond acceptors (Lipinski definition) is 3. The van der Waals surface area contributed by atoms with Crippen LogP contribution in [0.2, 0.25) is 0 Å². The van der Waals surface area contributed by atoms with Gasteiger partial charge < -0.3 is 10.1 Å².